The van der Waals surface area contributed by atoms with Crippen molar-refractivity contribution >= 4 is 11.8 Å². The molecule has 2 rings (SSSR count). The van der Waals surface area contributed by atoms with Crippen LogP contribution in [0.15, 0.2) is 35.3 Å². The molecule has 1 amide bonds. The average Bonchev–Trinajstić information content (AvgIpc) is 2.58. The highest BCUT2D eigenvalue weighted by atomic mass is 16.5. The summed E-state index contributed by atoms with van der Waals surface area (Å²) in [6.07, 6.45) is 2.17. The van der Waals surface area contributed by atoms with E-state index < -0.39 is 0 Å². The van der Waals surface area contributed by atoms with Crippen LogP contribution >= 0.6 is 0 Å². The molecule has 1 atom stereocenters. The molecule has 24 heavy (non-hydrogen) atoms. The second-order valence-corrected chi connectivity index (χ2v) is 6.70. The summed E-state index contributed by atoms with van der Waals surface area (Å²) in [7, 11) is 0. The van der Waals surface area contributed by atoms with E-state index in [-0.39, 0.29) is 17.4 Å². The summed E-state index contributed by atoms with van der Waals surface area (Å²) in [6, 6.07) is 10.4. The molecular formula is C20H30N2O2. The number of carbonyl (C=O) groups is 1. The fourth-order valence-corrected chi connectivity index (χ4v) is 3.36. The first kappa shape index (κ1) is 18.7. The number of aliphatic imine (C=N–C) groups is 1. The number of carbonyl (C=O) groups excluding carboxylic acids is 1. The van der Waals surface area contributed by atoms with Gasteiger partial charge in [0, 0.05) is 6.42 Å². The van der Waals surface area contributed by atoms with Gasteiger partial charge in [0.15, 0.2) is 0 Å². The lowest BCUT2D eigenvalue weighted by Gasteiger charge is -2.39. The van der Waals surface area contributed by atoms with Crippen molar-refractivity contribution in [3.63, 3.8) is 0 Å². The van der Waals surface area contributed by atoms with Crippen molar-refractivity contribution < 1.29 is 9.53 Å². The Morgan fingerprint density at radius 1 is 1.21 bits per heavy atom. The molecule has 0 saturated heterocycles. The van der Waals surface area contributed by atoms with E-state index in [0.717, 1.165) is 32.5 Å². The van der Waals surface area contributed by atoms with Gasteiger partial charge in [-0.25, -0.2) is 0 Å². The number of benzene rings is 1. The smallest absolute Gasteiger partial charge is 0.248 e. The van der Waals surface area contributed by atoms with Crippen molar-refractivity contribution in [3.8, 4) is 0 Å². The van der Waals surface area contributed by atoms with Crippen molar-refractivity contribution in [1.29, 1.82) is 0 Å². The van der Waals surface area contributed by atoms with Crippen LogP contribution in [0.25, 0.3) is 0 Å². The van der Waals surface area contributed by atoms with E-state index >= 15 is 0 Å². The van der Waals surface area contributed by atoms with Crippen LogP contribution in [0.1, 0.15) is 52.5 Å². The highest BCUT2D eigenvalue weighted by Crippen LogP contribution is 2.38. The summed E-state index contributed by atoms with van der Waals surface area (Å²) < 4.78 is 6.04. The molecule has 0 aliphatic carbocycles. The molecule has 0 spiro atoms. The molecule has 1 aromatic rings. The summed E-state index contributed by atoms with van der Waals surface area (Å²) in [5.74, 6) is 0.534. The SMILES string of the molecule is CCN(CC)CCC1(c2ccccc2)CCC(=O)N=C1OC(C)C. The molecule has 1 unspecified atom stereocenters. The van der Waals surface area contributed by atoms with Crippen LogP contribution in [0.5, 0.6) is 0 Å². The van der Waals surface area contributed by atoms with Gasteiger partial charge < -0.3 is 9.64 Å². The minimum atomic E-state index is -0.304. The van der Waals surface area contributed by atoms with E-state index in [1.165, 1.54) is 5.56 Å². The van der Waals surface area contributed by atoms with Crippen molar-refractivity contribution in [3.05, 3.63) is 35.9 Å². The number of nitrogens with zero attached hydrogens (tertiary/aromatic N) is 2. The molecule has 0 saturated carbocycles. The standard InChI is InChI=1S/C20H30N2O2/c1-5-22(6-2)15-14-20(17-10-8-7-9-11-17)13-12-18(23)21-19(20)24-16(3)4/h7-11,16H,5-6,12-15H2,1-4H3. The highest BCUT2D eigenvalue weighted by Gasteiger charge is 2.43. The minimum Gasteiger partial charge on any atom is -0.477 e. The van der Waals surface area contributed by atoms with E-state index in [1.807, 2.05) is 19.9 Å². The van der Waals surface area contributed by atoms with Crippen molar-refractivity contribution in [2.75, 3.05) is 19.6 Å². The summed E-state index contributed by atoms with van der Waals surface area (Å²) >= 11 is 0. The second kappa shape index (κ2) is 8.43. The lowest BCUT2D eigenvalue weighted by Crippen LogP contribution is -2.45. The highest BCUT2D eigenvalue weighted by molar-refractivity contribution is 6.00. The van der Waals surface area contributed by atoms with Crippen LogP contribution < -0.4 is 0 Å². The third kappa shape index (κ3) is 4.23. The van der Waals surface area contributed by atoms with Gasteiger partial charge in [-0.3, -0.25) is 4.79 Å². The van der Waals surface area contributed by atoms with Gasteiger partial charge >= 0.3 is 0 Å². The van der Waals surface area contributed by atoms with Gasteiger partial charge in [-0.2, -0.15) is 4.99 Å². The predicted molar refractivity (Wildman–Crippen MR) is 98.4 cm³/mol. The van der Waals surface area contributed by atoms with Crippen LogP contribution in [0, 0.1) is 0 Å². The second-order valence-electron chi connectivity index (χ2n) is 6.70. The Hall–Kier alpha value is -1.68. The predicted octanol–water partition coefficient (Wildman–Crippen LogP) is 3.80. The van der Waals surface area contributed by atoms with Crippen molar-refractivity contribution in [1.82, 2.24) is 4.90 Å². The van der Waals surface area contributed by atoms with Crippen LogP contribution in [0.4, 0.5) is 0 Å². The topological polar surface area (TPSA) is 41.9 Å². The molecular weight excluding hydrogens is 300 g/mol. The molecule has 1 aliphatic heterocycles. The maximum atomic E-state index is 11.9. The van der Waals surface area contributed by atoms with Crippen molar-refractivity contribution in [2.24, 2.45) is 4.99 Å². The van der Waals surface area contributed by atoms with Gasteiger partial charge in [-0.05, 0) is 51.9 Å². The summed E-state index contributed by atoms with van der Waals surface area (Å²) in [6.45, 7) is 11.4. The maximum Gasteiger partial charge on any atom is 0.248 e. The van der Waals surface area contributed by atoms with Gasteiger partial charge in [0.1, 0.15) is 0 Å². The zero-order valence-electron chi connectivity index (χ0n) is 15.4. The summed E-state index contributed by atoms with van der Waals surface area (Å²) in [4.78, 5) is 18.7. The molecule has 4 heteroatoms. The Kier molecular flexibility index (Phi) is 6.55. The molecule has 0 N–H and O–H groups in total. The van der Waals surface area contributed by atoms with Crippen LogP contribution in [-0.2, 0) is 14.9 Å². The quantitative estimate of drug-likeness (QED) is 0.763. The third-order valence-electron chi connectivity index (χ3n) is 4.82. The number of hydrogen-bond acceptors (Lipinski definition) is 3. The van der Waals surface area contributed by atoms with Gasteiger partial charge in [-0.1, -0.05) is 44.2 Å². The van der Waals surface area contributed by atoms with E-state index in [0.29, 0.717) is 12.3 Å². The molecule has 0 radical (unpaired) electrons. The van der Waals surface area contributed by atoms with Crippen LogP contribution in [-0.4, -0.2) is 42.4 Å². The number of hydrogen-bond donors (Lipinski definition) is 0. The fourth-order valence-electron chi connectivity index (χ4n) is 3.36. The largest absolute Gasteiger partial charge is 0.477 e. The Balaban J connectivity index is 2.41. The molecule has 0 fully saturated rings. The first-order valence-corrected chi connectivity index (χ1v) is 9.08. The molecule has 1 aliphatic rings. The van der Waals surface area contributed by atoms with Crippen LogP contribution in [0.3, 0.4) is 0 Å². The Bertz CT molecular complexity index is 564. The van der Waals surface area contributed by atoms with E-state index in [2.05, 4.69) is 48.0 Å². The molecule has 132 valence electrons. The number of rotatable bonds is 7. The molecule has 0 aromatic heterocycles. The average molecular weight is 330 g/mol. The Labute approximate surface area is 145 Å². The third-order valence-corrected chi connectivity index (χ3v) is 4.82. The van der Waals surface area contributed by atoms with E-state index in [1.54, 1.807) is 0 Å². The number of ether oxygens (including phenoxy) is 1. The van der Waals surface area contributed by atoms with Gasteiger partial charge in [0.05, 0.1) is 11.5 Å². The molecule has 1 aromatic carbocycles. The molecule has 0 bridgehead atoms. The number of amides is 1. The van der Waals surface area contributed by atoms with Gasteiger partial charge in [-0.15, -0.1) is 0 Å². The first-order chi connectivity index (χ1) is 11.5. The fraction of sp³-hybridized carbons (Fsp3) is 0.600. The monoisotopic (exact) mass is 330 g/mol. The Morgan fingerprint density at radius 2 is 1.88 bits per heavy atom. The van der Waals surface area contributed by atoms with E-state index in [9.17, 15) is 4.79 Å². The normalized spacial score (nSPS) is 21.2. The molecule has 1 heterocycles. The first-order valence-electron chi connectivity index (χ1n) is 9.08. The summed E-state index contributed by atoms with van der Waals surface area (Å²) in [5.41, 5.74) is 0.895. The van der Waals surface area contributed by atoms with Crippen LogP contribution in [0.2, 0.25) is 0 Å². The van der Waals surface area contributed by atoms with E-state index in [4.69, 9.17) is 4.74 Å². The summed E-state index contributed by atoms with van der Waals surface area (Å²) in [5, 5.41) is 0. The van der Waals surface area contributed by atoms with Gasteiger partial charge in [0.25, 0.3) is 0 Å². The lowest BCUT2D eigenvalue weighted by molar-refractivity contribution is -0.118. The zero-order chi connectivity index (χ0) is 17.6. The lowest BCUT2D eigenvalue weighted by atomic mass is 9.72. The van der Waals surface area contributed by atoms with Crippen molar-refractivity contribution in [2.45, 2.75) is 58.5 Å². The Morgan fingerprint density at radius 3 is 2.46 bits per heavy atom. The zero-order valence-corrected chi connectivity index (χ0v) is 15.4. The maximum absolute atomic E-state index is 11.9. The minimum absolute atomic E-state index is 0.00573. The molecule has 4 nitrogen and oxygen atoms in total. The van der Waals surface area contributed by atoms with Gasteiger partial charge in [0.2, 0.25) is 11.8 Å².